The van der Waals surface area contributed by atoms with E-state index >= 15 is 0 Å². The Balaban J connectivity index is 1.67. The van der Waals surface area contributed by atoms with Crippen LogP contribution in [0.5, 0.6) is 5.75 Å². The van der Waals surface area contributed by atoms with Crippen molar-refractivity contribution in [2.75, 3.05) is 5.32 Å². The van der Waals surface area contributed by atoms with Crippen molar-refractivity contribution in [3.63, 3.8) is 0 Å². The third kappa shape index (κ3) is 4.83. The number of halogens is 3. The minimum absolute atomic E-state index is 0.0103. The molecule has 1 heterocycles. The van der Waals surface area contributed by atoms with Crippen molar-refractivity contribution in [1.82, 2.24) is 10.2 Å². The lowest BCUT2D eigenvalue weighted by atomic mass is 10.2. The predicted octanol–water partition coefficient (Wildman–Crippen LogP) is 4.60. The minimum Gasteiger partial charge on any atom is -0.433 e. The summed E-state index contributed by atoms with van der Waals surface area (Å²) in [6, 6.07) is 11.8. The highest BCUT2D eigenvalue weighted by Crippen LogP contribution is 2.30. The Bertz CT molecular complexity index is 968. The van der Waals surface area contributed by atoms with Crippen LogP contribution in [0.4, 0.5) is 18.9 Å². The van der Waals surface area contributed by atoms with Crippen molar-refractivity contribution in [1.29, 1.82) is 0 Å². The lowest BCUT2D eigenvalue weighted by Gasteiger charge is -2.13. The Morgan fingerprint density at radius 2 is 1.86 bits per heavy atom. The number of ether oxygens (including phenoxy) is 1. The number of aromatic nitrogens is 2. The molecule has 0 radical (unpaired) electrons. The van der Waals surface area contributed by atoms with E-state index in [1.807, 2.05) is 0 Å². The van der Waals surface area contributed by atoms with E-state index in [0.717, 1.165) is 11.8 Å². The van der Waals surface area contributed by atoms with Gasteiger partial charge in [-0.3, -0.25) is 4.79 Å². The van der Waals surface area contributed by atoms with E-state index in [4.69, 9.17) is 4.42 Å². The van der Waals surface area contributed by atoms with Crippen LogP contribution < -0.4 is 10.1 Å². The first-order valence-electron chi connectivity index (χ1n) is 8.04. The summed E-state index contributed by atoms with van der Waals surface area (Å²) in [6.45, 7) is -1.44. The van der Waals surface area contributed by atoms with Gasteiger partial charge in [-0.1, -0.05) is 36.0 Å². The summed E-state index contributed by atoms with van der Waals surface area (Å²) in [5, 5.41) is 9.46. The molecule has 0 saturated heterocycles. The van der Waals surface area contributed by atoms with Gasteiger partial charge in [-0.05, 0) is 31.2 Å². The molecule has 1 N–H and O–H groups in total. The fraction of sp³-hybridized carbons (Fsp3) is 0.167. The summed E-state index contributed by atoms with van der Waals surface area (Å²) >= 11 is 0.948. The average Bonchev–Trinajstić information content (AvgIpc) is 3.11. The highest BCUT2D eigenvalue weighted by atomic mass is 32.2. The summed E-state index contributed by atoms with van der Waals surface area (Å²) in [4.78, 5) is 12.4. The number of alkyl halides is 2. The normalized spacial score (nSPS) is 12.0. The van der Waals surface area contributed by atoms with Gasteiger partial charge in [0.1, 0.15) is 11.6 Å². The Hall–Kier alpha value is -3.01. The smallest absolute Gasteiger partial charge is 0.387 e. The van der Waals surface area contributed by atoms with Crippen LogP contribution >= 0.6 is 11.8 Å². The number of rotatable bonds is 7. The molecule has 0 aliphatic heterocycles. The van der Waals surface area contributed by atoms with Crippen LogP contribution in [0.25, 0.3) is 11.5 Å². The number of benzene rings is 2. The standard InChI is InChI=1S/C18H14F3N3O3S/c1-10(15(25)22-13-8-4-5-9-14(13)26-17(20)21)28-18-24-23-16(27-18)11-6-2-3-7-12(11)19/h2-10,17H,1H3,(H,22,25)/t10-/m1/s1. The van der Waals surface area contributed by atoms with E-state index in [9.17, 15) is 18.0 Å². The summed E-state index contributed by atoms with van der Waals surface area (Å²) in [7, 11) is 0. The lowest BCUT2D eigenvalue weighted by Crippen LogP contribution is -2.23. The maximum atomic E-state index is 13.8. The molecule has 0 unspecified atom stereocenters. The molecular formula is C18H14F3N3O3S. The Morgan fingerprint density at radius 3 is 2.61 bits per heavy atom. The molecule has 0 aliphatic rings. The quantitative estimate of drug-likeness (QED) is 0.575. The molecule has 0 fully saturated rings. The van der Waals surface area contributed by atoms with E-state index in [2.05, 4.69) is 20.3 Å². The first-order valence-corrected chi connectivity index (χ1v) is 8.92. The van der Waals surface area contributed by atoms with Crippen LogP contribution in [-0.4, -0.2) is 28.0 Å². The van der Waals surface area contributed by atoms with Crippen molar-refractivity contribution in [2.24, 2.45) is 0 Å². The predicted molar refractivity (Wildman–Crippen MR) is 96.7 cm³/mol. The Kier molecular flexibility index (Phi) is 6.19. The number of nitrogens with one attached hydrogen (secondary N) is 1. The molecule has 146 valence electrons. The van der Waals surface area contributed by atoms with Gasteiger partial charge < -0.3 is 14.5 Å². The summed E-state index contributed by atoms with van der Waals surface area (Å²) < 4.78 is 48.5. The first-order chi connectivity index (χ1) is 13.4. The maximum Gasteiger partial charge on any atom is 0.387 e. The number of amides is 1. The van der Waals surface area contributed by atoms with Gasteiger partial charge in [-0.2, -0.15) is 8.78 Å². The molecule has 28 heavy (non-hydrogen) atoms. The van der Waals surface area contributed by atoms with Crippen molar-refractivity contribution >= 4 is 23.4 Å². The van der Waals surface area contributed by atoms with E-state index < -0.39 is 23.6 Å². The molecular weight excluding hydrogens is 395 g/mol. The molecule has 1 aromatic heterocycles. The molecule has 0 bridgehead atoms. The number of carbonyl (C=O) groups is 1. The number of hydrogen-bond acceptors (Lipinski definition) is 6. The first kappa shape index (κ1) is 19.7. The SMILES string of the molecule is C[C@@H](Sc1nnc(-c2ccccc2F)o1)C(=O)Nc1ccccc1OC(F)F. The highest BCUT2D eigenvalue weighted by Gasteiger charge is 2.21. The number of carbonyl (C=O) groups excluding carboxylic acids is 1. The average molecular weight is 409 g/mol. The van der Waals surface area contributed by atoms with Gasteiger partial charge in [0.05, 0.1) is 16.5 Å². The topological polar surface area (TPSA) is 77.2 Å². The number of hydrogen-bond donors (Lipinski definition) is 1. The van der Waals surface area contributed by atoms with Crippen LogP contribution in [-0.2, 0) is 4.79 Å². The van der Waals surface area contributed by atoms with Crippen LogP contribution in [0.1, 0.15) is 6.92 Å². The minimum atomic E-state index is -3.01. The van der Waals surface area contributed by atoms with Crippen LogP contribution in [0.15, 0.2) is 58.2 Å². The fourth-order valence-corrected chi connectivity index (χ4v) is 2.89. The van der Waals surface area contributed by atoms with Crippen LogP contribution in [0.3, 0.4) is 0 Å². The third-order valence-electron chi connectivity index (χ3n) is 3.52. The number of anilines is 1. The van der Waals surface area contributed by atoms with Crippen molar-refractivity contribution in [2.45, 2.75) is 24.0 Å². The molecule has 3 rings (SSSR count). The summed E-state index contributed by atoms with van der Waals surface area (Å²) in [5.41, 5.74) is 0.259. The number of nitrogens with zero attached hydrogens (tertiary/aromatic N) is 2. The summed E-state index contributed by atoms with van der Waals surface area (Å²) in [5.74, 6) is -1.16. The van der Waals surface area contributed by atoms with Gasteiger partial charge in [-0.25, -0.2) is 4.39 Å². The van der Waals surface area contributed by atoms with Crippen molar-refractivity contribution in [3.05, 3.63) is 54.3 Å². The second-order valence-electron chi connectivity index (χ2n) is 5.48. The second-order valence-corrected chi connectivity index (χ2v) is 6.77. The van der Waals surface area contributed by atoms with Gasteiger partial charge in [-0.15, -0.1) is 10.2 Å². The fourth-order valence-electron chi connectivity index (χ4n) is 2.21. The monoisotopic (exact) mass is 409 g/mol. The van der Waals surface area contributed by atoms with Gasteiger partial charge in [0, 0.05) is 0 Å². The van der Waals surface area contributed by atoms with E-state index in [1.54, 1.807) is 19.1 Å². The molecule has 10 heteroatoms. The van der Waals surface area contributed by atoms with Gasteiger partial charge in [0.25, 0.3) is 11.1 Å². The lowest BCUT2D eigenvalue weighted by molar-refractivity contribution is -0.115. The highest BCUT2D eigenvalue weighted by molar-refractivity contribution is 8.00. The van der Waals surface area contributed by atoms with E-state index in [-0.39, 0.29) is 28.1 Å². The Morgan fingerprint density at radius 1 is 1.14 bits per heavy atom. The number of para-hydroxylation sites is 2. The molecule has 2 aromatic carbocycles. The molecule has 0 spiro atoms. The van der Waals surface area contributed by atoms with Gasteiger partial charge in [0.2, 0.25) is 5.91 Å². The largest absolute Gasteiger partial charge is 0.433 e. The zero-order valence-electron chi connectivity index (χ0n) is 14.4. The van der Waals surface area contributed by atoms with Crippen LogP contribution in [0, 0.1) is 5.82 Å². The van der Waals surface area contributed by atoms with Crippen LogP contribution in [0.2, 0.25) is 0 Å². The molecule has 1 amide bonds. The molecule has 0 saturated carbocycles. The van der Waals surface area contributed by atoms with E-state index in [1.165, 1.54) is 36.4 Å². The molecule has 1 atom stereocenters. The molecule has 0 aliphatic carbocycles. The van der Waals surface area contributed by atoms with Gasteiger partial charge in [0.15, 0.2) is 0 Å². The molecule has 3 aromatic rings. The van der Waals surface area contributed by atoms with E-state index in [0.29, 0.717) is 0 Å². The zero-order chi connectivity index (χ0) is 20.1. The number of thioether (sulfide) groups is 1. The van der Waals surface area contributed by atoms with Crippen molar-refractivity contribution in [3.8, 4) is 17.2 Å². The second kappa shape index (κ2) is 8.79. The summed E-state index contributed by atoms with van der Waals surface area (Å²) in [6.07, 6.45) is 0. The Labute approximate surface area is 162 Å². The van der Waals surface area contributed by atoms with Gasteiger partial charge >= 0.3 is 6.61 Å². The third-order valence-corrected chi connectivity index (χ3v) is 4.45. The van der Waals surface area contributed by atoms with Crippen molar-refractivity contribution < 1.29 is 27.1 Å². The molecule has 6 nitrogen and oxygen atoms in total. The maximum absolute atomic E-state index is 13.8. The zero-order valence-corrected chi connectivity index (χ0v) is 15.3.